The summed E-state index contributed by atoms with van der Waals surface area (Å²) in [6, 6.07) is 3.90. The maximum atomic E-state index is 12.6. The standard InChI is InChI=1S/C20H29BrN2O5S/c1-12(2)23-29(26,27)15-9-10-17(21)16(11-15)20(25)28-14(4)19(24)22-18-8-6-5-7-13(18)3/h9-14,18,23H,5-8H2,1-4H3,(H,22,24)/t13-,14-,18-/m1/s1. The second kappa shape index (κ2) is 10.0. The van der Waals surface area contributed by atoms with Crippen LogP contribution >= 0.6 is 15.9 Å². The van der Waals surface area contributed by atoms with Crippen molar-refractivity contribution in [3.63, 3.8) is 0 Å². The van der Waals surface area contributed by atoms with Gasteiger partial charge in [-0.15, -0.1) is 0 Å². The Morgan fingerprint density at radius 3 is 2.45 bits per heavy atom. The zero-order valence-corrected chi connectivity index (χ0v) is 19.6. The van der Waals surface area contributed by atoms with E-state index < -0.39 is 22.1 Å². The van der Waals surface area contributed by atoms with Crippen LogP contribution < -0.4 is 10.0 Å². The second-order valence-electron chi connectivity index (χ2n) is 7.84. The molecule has 1 aromatic carbocycles. The van der Waals surface area contributed by atoms with Crippen LogP contribution in [0.25, 0.3) is 0 Å². The first kappa shape index (κ1) is 23.8. The fourth-order valence-electron chi connectivity index (χ4n) is 3.31. The molecule has 3 atom stereocenters. The third kappa shape index (κ3) is 6.52. The fraction of sp³-hybridized carbons (Fsp3) is 0.600. The highest BCUT2D eigenvalue weighted by atomic mass is 79.9. The number of halogens is 1. The SMILES string of the molecule is CC(C)NS(=O)(=O)c1ccc(Br)c(C(=O)O[C@H](C)C(=O)N[C@@H]2CCCC[C@H]2C)c1. The molecule has 7 nitrogen and oxygen atoms in total. The van der Waals surface area contributed by atoms with Crippen LogP contribution in [-0.4, -0.2) is 38.5 Å². The minimum atomic E-state index is -3.76. The molecule has 162 valence electrons. The van der Waals surface area contributed by atoms with Crippen molar-refractivity contribution < 1.29 is 22.7 Å². The molecule has 9 heteroatoms. The second-order valence-corrected chi connectivity index (χ2v) is 10.4. The number of rotatable bonds is 7. The van der Waals surface area contributed by atoms with Crippen LogP contribution in [0.3, 0.4) is 0 Å². The van der Waals surface area contributed by atoms with Crippen molar-refractivity contribution in [1.29, 1.82) is 0 Å². The van der Waals surface area contributed by atoms with Crippen LogP contribution in [-0.2, 0) is 19.6 Å². The van der Waals surface area contributed by atoms with E-state index in [1.54, 1.807) is 13.8 Å². The smallest absolute Gasteiger partial charge is 0.340 e. The van der Waals surface area contributed by atoms with Crippen molar-refractivity contribution in [2.24, 2.45) is 5.92 Å². The van der Waals surface area contributed by atoms with Crippen LogP contribution in [0.1, 0.15) is 63.7 Å². The topological polar surface area (TPSA) is 102 Å². The summed E-state index contributed by atoms with van der Waals surface area (Å²) in [5.74, 6) is -0.726. The van der Waals surface area contributed by atoms with E-state index >= 15 is 0 Å². The lowest BCUT2D eigenvalue weighted by Crippen LogP contribution is -2.46. The molecule has 1 aromatic rings. The summed E-state index contributed by atoms with van der Waals surface area (Å²) in [6.07, 6.45) is 3.23. The molecule has 0 saturated heterocycles. The Hall–Kier alpha value is -1.45. The molecular formula is C20H29BrN2O5S. The van der Waals surface area contributed by atoms with Gasteiger partial charge in [-0.25, -0.2) is 17.9 Å². The summed E-state index contributed by atoms with van der Waals surface area (Å²) in [5, 5.41) is 2.96. The lowest BCUT2D eigenvalue weighted by molar-refractivity contribution is -0.130. The molecule has 2 N–H and O–H groups in total. The number of carbonyl (C=O) groups excluding carboxylic acids is 2. The molecule has 0 aromatic heterocycles. The quantitative estimate of drug-likeness (QED) is 0.572. The zero-order valence-electron chi connectivity index (χ0n) is 17.2. The van der Waals surface area contributed by atoms with E-state index in [4.69, 9.17) is 4.74 Å². The molecule has 1 amide bonds. The minimum Gasteiger partial charge on any atom is -0.449 e. The molecule has 1 aliphatic carbocycles. The number of amides is 1. The van der Waals surface area contributed by atoms with Gasteiger partial charge in [0.15, 0.2) is 6.10 Å². The molecule has 0 unspecified atom stereocenters. The molecule has 1 fully saturated rings. The molecule has 0 bridgehead atoms. The molecular weight excluding hydrogens is 460 g/mol. The van der Waals surface area contributed by atoms with Gasteiger partial charge in [-0.1, -0.05) is 19.8 Å². The summed E-state index contributed by atoms with van der Waals surface area (Å²) < 4.78 is 32.9. The molecule has 0 radical (unpaired) electrons. The van der Waals surface area contributed by atoms with Crippen molar-refractivity contribution in [2.75, 3.05) is 0 Å². The van der Waals surface area contributed by atoms with Gasteiger partial charge in [-0.05, 0) is 73.7 Å². The normalized spacial score (nSPS) is 20.9. The van der Waals surface area contributed by atoms with Gasteiger partial charge < -0.3 is 10.1 Å². The third-order valence-corrected chi connectivity index (χ3v) is 7.30. The van der Waals surface area contributed by atoms with Crippen LogP contribution in [0, 0.1) is 5.92 Å². The van der Waals surface area contributed by atoms with Crippen molar-refractivity contribution >= 4 is 37.8 Å². The van der Waals surface area contributed by atoms with Gasteiger partial charge >= 0.3 is 5.97 Å². The van der Waals surface area contributed by atoms with Gasteiger partial charge in [0.1, 0.15) is 0 Å². The Balaban J connectivity index is 2.09. The number of hydrogen-bond acceptors (Lipinski definition) is 5. The van der Waals surface area contributed by atoms with Crippen LogP contribution in [0.15, 0.2) is 27.6 Å². The van der Waals surface area contributed by atoms with Crippen LogP contribution in [0.5, 0.6) is 0 Å². The molecule has 1 aliphatic rings. The van der Waals surface area contributed by atoms with Crippen molar-refractivity contribution in [3.05, 3.63) is 28.2 Å². The van der Waals surface area contributed by atoms with Gasteiger partial charge in [0, 0.05) is 16.6 Å². The highest BCUT2D eigenvalue weighted by Gasteiger charge is 2.27. The average molecular weight is 489 g/mol. The third-order valence-electron chi connectivity index (χ3n) is 4.95. The molecule has 0 aliphatic heterocycles. The van der Waals surface area contributed by atoms with E-state index in [1.807, 2.05) is 0 Å². The molecule has 0 spiro atoms. The first-order chi connectivity index (χ1) is 13.5. The van der Waals surface area contributed by atoms with Gasteiger partial charge in [-0.2, -0.15) is 0 Å². The van der Waals surface area contributed by atoms with Gasteiger partial charge in [0.05, 0.1) is 10.5 Å². The largest absolute Gasteiger partial charge is 0.449 e. The van der Waals surface area contributed by atoms with E-state index in [9.17, 15) is 18.0 Å². The number of carbonyl (C=O) groups is 2. The van der Waals surface area contributed by atoms with Crippen molar-refractivity contribution in [3.8, 4) is 0 Å². The highest BCUT2D eigenvalue weighted by molar-refractivity contribution is 9.10. The molecule has 0 heterocycles. The number of sulfonamides is 1. The molecule has 29 heavy (non-hydrogen) atoms. The first-order valence-corrected chi connectivity index (χ1v) is 12.1. The average Bonchev–Trinajstić information content (AvgIpc) is 2.62. The highest BCUT2D eigenvalue weighted by Crippen LogP contribution is 2.25. The predicted molar refractivity (Wildman–Crippen MR) is 114 cm³/mol. The Morgan fingerprint density at radius 2 is 1.83 bits per heavy atom. The van der Waals surface area contributed by atoms with Gasteiger partial charge in [0.2, 0.25) is 10.0 Å². The fourth-order valence-corrected chi connectivity index (χ4v) is 5.00. The summed E-state index contributed by atoms with van der Waals surface area (Å²) >= 11 is 3.25. The van der Waals surface area contributed by atoms with Crippen molar-refractivity contribution in [2.45, 2.75) is 76.5 Å². The van der Waals surface area contributed by atoms with Crippen molar-refractivity contribution in [1.82, 2.24) is 10.0 Å². The van der Waals surface area contributed by atoms with E-state index in [-0.39, 0.29) is 28.4 Å². The summed E-state index contributed by atoms with van der Waals surface area (Å²) in [6.45, 7) is 7.03. The minimum absolute atomic E-state index is 0.0438. The molecule has 1 saturated carbocycles. The van der Waals surface area contributed by atoms with E-state index in [2.05, 4.69) is 32.9 Å². The Bertz CT molecular complexity index is 856. The monoisotopic (exact) mass is 488 g/mol. The Labute approximate surface area is 181 Å². The van der Waals surface area contributed by atoms with Crippen LogP contribution in [0.4, 0.5) is 0 Å². The maximum Gasteiger partial charge on any atom is 0.340 e. The first-order valence-electron chi connectivity index (χ1n) is 9.84. The number of hydrogen-bond donors (Lipinski definition) is 2. The Kier molecular flexibility index (Phi) is 8.25. The summed E-state index contributed by atoms with van der Waals surface area (Å²) in [4.78, 5) is 25.0. The summed E-state index contributed by atoms with van der Waals surface area (Å²) in [5.41, 5.74) is 0.0438. The van der Waals surface area contributed by atoms with Gasteiger partial charge in [0.25, 0.3) is 5.91 Å². The maximum absolute atomic E-state index is 12.6. The number of benzene rings is 1. The number of nitrogens with one attached hydrogen (secondary N) is 2. The Morgan fingerprint density at radius 1 is 1.17 bits per heavy atom. The lowest BCUT2D eigenvalue weighted by atomic mass is 9.86. The van der Waals surface area contributed by atoms with Crippen LogP contribution in [0.2, 0.25) is 0 Å². The predicted octanol–water partition coefficient (Wildman–Crippen LogP) is 3.38. The molecule has 2 rings (SSSR count). The zero-order chi connectivity index (χ0) is 21.8. The number of ether oxygens (including phenoxy) is 1. The number of esters is 1. The van der Waals surface area contributed by atoms with E-state index in [0.717, 1.165) is 25.7 Å². The van der Waals surface area contributed by atoms with Gasteiger partial charge in [-0.3, -0.25) is 4.79 Å². The van der Waals surface area contributed by atoms with E-state index in [0.29, 0.717) is 10.4 Å². The van der Waals surface area contributed by atoms with E-state index in [1.165, 1.54) is 25.1 Å². The lowest BCUT2D eigenvalue weighted by Gasteiger charge is -2.30. The summed E-state index contributed by atoms with van der Waals surface area (Å²) in [7, 11) is -3.76.